The lowest BCUT2D eigenvalue weighted by Gasteiger charge is -2.16. The van der Waals surface area contributed by atoms with Crippen LogP contribution in [0.4, 0.5) is 5.95 Å². The molecule has 0 unspecified atom stereocenters. The summed E-state index contributed by atoms with van der Waals surface area (Å²) < 4.78 is 4.71. The predicted octanol–water partition coefficient (Wildman–Crippen LogP) is 3.70. The Labute approximate surface area is 157 Å². The number of ether oxygens (including phenoxy) is 1. The molecule has 0 aliphatic heterocycles. The molecule has 2 N–H and O–H groups in total. The van der Waals surface area contributed by atoms with Crippen LogP contribution < -0.4 is 5.32 Å². The fourth-order valence-corrected chi connectivity index (χ4v) is 2.56. The Morgan fingerprint density at radius 1 is 1.11 bits per heavy atom. The van der Waals surface area contributed by atoms with Crippen LogP contribution in [0.3, 0.4) is 0 Å². The van der Waals surface area contributed by atoms with Gasteiger partial charge in [0.1, 0.15) is 5.65 Å². The molecule has 0 aliphatic rings. The summed E-state index contributed by atoms with van der Waals surface area (Å²) in [6.45, 7) is 7.37. The lowest BCUT2D eigenvalue weighted by molar-refractivity contribution is -0.123. The molecule has 0 radical (unpaired) electrons. The number of hydrogen-bond acceptors (Lipinski definition) is 5. The smallest absolute Gasteiger partial charge is 0.337 e. The molecule has 0 saturated heterocycles. The normalized spacial score (nSPS) is 11.4. The molecule has 0 spiro atoms. The largest absolute Gasteiger partial charge is 0.465 e. The summed E-state index contributed by atoms with van der Waals surface area (Å²) in [7, 11) is 1.35. The molecule has 0 fully saturated rings. The van der Waals surface area contributed by atoms with Crippen molar-refractivity contribution in [2.75, 3.05) is 12.4 Å². The van der Waals surface area contributed by atoms with Gasteiger partial charge in [-0.15, -0.1) is 0 Å². The molecule has 2 heterocycles. The molecule has 0 aliphatic carbocycles. The average molecular weight is 366 g/mol. The van der Waals surface area contributed by atoms with E-state index in [1.807, 2.05) is 45.9 Å². The Bertz CT molecular complexity index is 1010. The molecule has 7 nitrogen and oxygen atoms in total. The third kappa shape index (κ3) is 3.81. The van der Waals surface area contributed by atoms with Crippen molar-refractivity contribution in [3.63, 3.8) is 0 Å². The van der Waals surface area contributed by atoms with Crippen LogP contribution in [0.2, 0.25) is 0 Å². The lowest BCUT2D eigenvalue weighted by atomic mass is 9.96. The number of fused-ring (bicyclic) bond motifs is 1. The number of methoxy groups -OCH3 is 1. The highest BCUT2D eigenvalue weighted by molar-refractivity contribution is 5.94. The van der Waals surface area contributed by atoms with Gasteiger partial charge in [0.2, 0.25) is 11.9 Å². The number of hydrogen-bond donors (Lipinski definition) is 2. The molecular formula is C20H22N4O3. The van der Waals surface area contributed by atoms with E-state index in [9.17, 15) is 9.59 Å². The zero-order valence-electron chi connectivity index (χ0n) is 16.0. The highest BCUT2D eigenvalue weighted by Crippen LogP contribution is 2.26. The highest BCUT2D eigenvalue weighted by Gasteiger charge is 2.22. The second-order valence-electron chi connectivity index (χ2n) is 7.35. The number of aromatic nitrogens is 3. The number of H-pyrrole nitrogens is 1. The number of aromatic amines is 1. The molecule has 0 saturated carbocycles. The SMILES string of the molecule is COC(=O)c1ccc(-c2cc3c(C)nc(NC(=O)C(C)(C)C)nc3[nH]2)cc1. The minimum absolute atomic E-state index is 0.147. The van der Waals surface area contributed by atoms with Gasteiger partial charge < -0.3 is 9.72 Å². The third-order valence-corrected chi connectivity index (χ3v) is 4.20. The molecule has 1 aromatic carbocycles. The van der Waals surface area contributed by atoms with Crippen molar-refractivity contribution in [1.29, 1.82) is 0 Å². The minimum Gasteiger partial charge on any atom is -0.465 e. The van der Waals surface area contributed by atoms with E-state index in [1.54, 1.807) is 12.1 Å². The Balaban J connectivity index is 1.94. The maximum Gasteiger partial charge on any atom is 0.337 e. The summed E-state index contributed by atoms with van der Waals surface area (Å²) in [4.78, 5) is 35.8. The summed E-state index contributed by atoms with van der Waals surface area (Å²) in [5.41, 5.74) is 3.10. The van der Waals surface area contributed by atoms with Crippen LogP contribution in [0.25, 0.3) is 22.3 Å². The quantitative estimate of drug-likeness (QED) is 0.689. The molecule has 0 bridgehead atoms. The van der Waals surface area contributed by atoms with Gasteiger partial charge in [-0.2, -0.15) is 4.98 Å². The topological polar surface area (TPSA) is 97.0 Å². The predicted molar refractivity (Wildman–Crippen MR) is 103 cm³/mol. The number of amides is 1. The molecule has 3 rings (SSSR count). The number of anilines is 1. The van der Waals surface area contributed by atoms with E-state index in [0.717, 1.165) is 22.3 Å². The number of nitrogens with one attached hydrogen (secondary N) is 2. The molecule has 27 heavy (non-hydrogen) atoms. The number of rotatable bonds is 3. The molecule has 0 atom stereocenters. The van der Waals surface area contributed by atoms with Crippen molar-refractivity contribution in [2.45, 2.75) is 27.7 Å². The van der Waals surface area contributed by atoms with Crippen LogP contribution in [0.1, 0.15) is 36.8 Å². The van der Waals surface area contributed by atoms with Crippen LogP contribution in [0.5, 0.6) is 0 Å². The summed E-state index contributed by atoms with van der Waals surface area (Å²) in [5.74, 6) is -0.250. The van der Waals surface area contributed by atoms with Crippen LogP contribution in [-0.2, 0) is 9.53 Å². The summed E-state index contributed by atoms with van der Waals surface area (Å²) >= 11 is 0. The fourth-order valence-electron chi connectivity index (χ4n) is 2.56. The summed E-state index contributed by atoms with van der Waals surface area (Å²) in [6.07, 6.45) is 0. The van der Waals surface area contributed by atoms with Gasteiger partial charge in [-0.3, -0.25) is 10.1 Å². The Kier molecular flexibility index (Phi) is 4.70. The first kappa shape index (κ1) is 18.6. The van der Waals surface area contributed by atoms with E-state index >= 15 is 0 Å². The van der Waals surface area contributed by atoms with E-state index in [4.69, 9.17) is 4.74 Å². The van der Waals surface area contributed by atoms with Crippen molar-refractivity contribution in [3.05, 3.63) is 41.6 Å². The van der Waals surface area contributed by atoms with Gasteiger partial charge >= 0.3 is 5.97 Å². The van der Waals surface area contributed by atoms with Crippen LogP contribution >= 0.6 is 0 Å². The van der Waals surface area contributed by atoms with Crippen LogP contribution in [0.15, 0.2) is 30.3 Å². The number of aryl methyl sites for hydroxylation is 1. The number of esters is 1. The van der Waals surface area contributed by atoms with Crippen molar-refractivity contribution in [1.82, 2.24) is 15.0 Å². The molecule has 2 aromatic heterocycles. The van der Waals surface area contributed by atoms with Crippen molar-refractivity contribution in [2.24, 2.45) is 5.41 Å². The highest BCUT2D eigenvalue weighted by atomic mass is 16.5. The Hall–Kier alpha value is -3.22. The second kappa shape index (κ2) is 6.83. The third-order valence-electron chi connectivity index (χ3n) is 4.20. The average Bonchev–Trinajstić information content (AvgIpc) is 3.05. The number of benzene rings is 1. The summed E-state index contributed by atoms with van der Waals surface area (Å²) in [6, 6.07) is 9.04. The molecule has 7 heteroatoms. The van der Waals surface area contributed by atoms with Crippen molar-refractivity contribution in [3.8, 4) is 11.3 Å². The second-order valence-corrected chi connectivity index (χ2v) is 7.35. The number of carbonyl (C=O) groups is 2. The lowest BCUT2D eigenvalue weighted by Crippen LogP contribution is -2.28. The van der Waals surface area contributed by atoms with E-state index < -0.39 is 5.41 Å². The molecular weight excluding hydrogens is 344 g/mol. The first-order valence-corrected chi connectivity index (χ1v) is 8.56. The zero-order valence-corrected chi connectivity index (χ0v) is 16.0. The number of nitrogens with zero attached hydrogens (tertiary/aromatic N) is 2. The zero-order chi connectivity index (χ0) is 19.8. The molecule has 140 valence electrons. The molecule has 1 amide bonds. The van der Waals surface area contributed by atoms with Crippen LogP contribution in [-0.4, -0.2) is 33.9 Å². The standard InChI is InChI=1S/C20H22N4O3/c1-11-14-10-15(12-6-8-13(9-7-12)17(25)27-5)22-16(14)23-19(21-11)24-18(26)20(2,3)4/h6-10H,1-5H3,(H2,21,22,23,24,26). The van der Waals surface area contributed by atoms with Gasteiger partial charge in [0.25, 0.3) is 0 Å². The summed E-state index contributed by atoms with van der Waals surface area (Å²) in [5, 5.41) is 3.63. The van der Waals surface area contributed by atoms with Gasteiger partial charge in [-0.25, -0.2) is 9.78 Å². The number of carbonyl (C=O) groups excluding carboxylic acids is 2. The van der Waals surface area contributed by atoms with Gasteiger partial charge in [-0.1, -0.05) is 32.9 Å². The van der Waals surface area contributed by atoms with E-state index in [-0.39, 0.29) is 17.8 Å². The van der Waals surface area contributed by atoms with E-state index in [1.165, 1.54) is 7.11 Å². The minimum atomic E-state index is -0.533. The van der Waals surface area contributed by atoms with Gasteiger partial charge in [0.05, 0.1) is 18.4 Å². The maximum absolute atomic E-state index is 12.2. The van der Waals surface area contributed by atoms with E-state index in [0.29, 0.717) is 11.2 Å². The van der Waals surface area contributed by atoms with Crippen molar-refractivity contribution >= 4 is 28.9 Å². The van der Waals surface area contributed by atoms with Crippen molar-refractivity contribution < 1.29 is 14.3 Å². The van der Waals surface area contributed by atoms with Gasteiger partial charge in [0, 0.05) is 16.5 Å². The van der Waals surface area contributed by atoms with Gasteiger partial charge in [-0.05, 0) is 30.7 Å². The monoisotopic (exact) mass is 366 g/mol. The first-order chi connectivity index (χ1) is 12.7. The molecule has 3 aromatic rings. The Morgan fingerprint density at radius 3 is 2.37 bits per heavy atom. The maximum atomic E-state index is 12.2. The van der Waals surface area contributed by atoms with Gasteiger partial charge in [0.15, 0.2) is 0 Å². The first-order valence-electron chi connectivity index (χ1n) is 8.56. The fraction of sp³-hybridized carbons (Fsp3) is 0.300. The van der Waals surface area contributed by atoms with Crippen LogP contribution in [0, 0.1) is 12.3 Å². The Morgan fingerprint density at radius 2 is 1.78 bits per heavy atom. The van der Waals surface area contributed by atoms with E-state index in [2.05, 4.69) is 20.3 Å².